The summed E-state index contributed by atoms with van der Waals surface area (Å²) in [7, 11) is 0. The molecule has 0 saturated carbocycles. The van der Waals surface area contributed by atoms with E-state index in [0.29, 0.717) is 5.56 Å². The molecular formula is C21H17F4N3O3. The van der Waals surface area contributed by atoms with Gasteiger partial charge in [-0.25, -0.2) is 9.38 Å². The Morgan fingerprint density at radius 2 is 1.81 bits per heavy atom. The van der Waals surface area contributed by atoms with Gasteiger partial charge in [0.25, 0.3) is 11.9 Å². The number of amidine groups is 1. The second-order valence-electron chi connectivity index (χ2n) is 6.97. The first-order valence-corrected chi connectivity index (χ1v) is 8.98. The van der Waals surface area contributed by atoms with Crippen molar-refractivity contribution in [1.29, 1.82) is 0 Å². The number of carbonyl (C=O) groups is 2. The molecule has 2 N–H and O–H groups in total. The zero-order valence-electron chi connectivity index (χ0n) is 16.2. The normalized spacial score (nSPS) is 18.6. The van der Waals surface area contributed by atoms with Crippen LogP contribution in [-0.2, 0) is 15.1 Å². The maximum absolute atomic E-state index is 14.6. The number of rotatable bonds is 3. The van der Waals surface area contributed by atoms with E-state index in [9.17, 15) is 27.2 Å². The molecule has 0 spiro atoms. The lowest BCUT2D eigenvalue weighted by molar-refractivity contribution is -0.167. The summed E-state index contributed by atoms with van der Waals surface area (Å²) in [5.74, 6) is -3.32. The summed E-state index contributed by atoms with van der Waals surface area (Å²) < 4.78 is 57.5. The molecule has 3 rings (SSSR count). The van der Waals surface area contributed by atoms with E-state index in [4.69, 9.17) is 4.74 Å². The molecule has 0 aromatic heterocycles. The van der Waals surface area contributed by atoms with Crippen LogP contribution < -0.4 is 10.6 Å². The molecular weight excluding hydrogens is 418 g/mol. The van der Waals surface area contributed by atoms with Crippen LogP contribution >= 0.6 is 0 Å². The number of amides is 2. The summed E-state index contributed by atoms with van der Waals surface area (Å²) in [6.07, 6.45) is -5.11. The van der Waals surface area contributed by atoms with Crippen LogP contribution in [0.5, 0.6) is 0 Å². The average molecular weight is 435 g/mol. The Morgan fingerprint density at radius 1 is 1.13 bits per heavy atom. The molecule has 2 amide bonds. The molecule has 1 aliphatic rings. The minimum Gasteiger partial charge on any atom is -0.431 e. The molecule has 6 nitrogen and oxygen atoms in total. The van der Waals surface area contributed by atoms with Crippen LogP contribution in [0.25, 0.3) is 0 Å². The highest BCUT2D eigenvalue weighted by Crippen LogP contribution is 2.38. The quantitative estimate of drug-likeness (QED) is 0.707. The summed E-state index contributed by atoms with van der Waals surface area (Å²) in [6.45, 7) is 5.21. The fourth-order valence-electron chi connectivity index (χ4n) is 3.03. The maximum Gasteiger partial charge on any atom is 0.471 e. The van der Waals surface area contributed by atoms with Crippen molar-refractivity contribution >= 4 is 23.5 Å². The monoisotopic (exact) mass is 435 g/mol. The number of hydrogen-bond acceptors (Lipinski definition) is 4. The van der Waals surface area contributed by atoms with Crippen LogP contribution in [0.4, 0.5) is 23.2 Å². The molecule has 162 valence electrons. The van der Waals surface area contributed by atoms with E-state index in [1.807, 2.05) is 0 Å². The summed E-state index contributed by atoms with van der Waals surface area (Å²) in [4.78, 5) is 27.8. The second kappa shape index (κ2) is 8.21. The van der Waals surface area contributed by atoms with Crippen molar-refractivity contribution in [2.45, 2.75) is 25.1 Å². The molecule has 0 saturated heterocycles. The lowest BCUT2D eigenvalue weighted by Gasteiger charge is -2.32. The van der Waals surface area contributed by atoms with Crippen LogP contribution in [0, 0.1) is 5.82 Å². The Bertz CT molecular complexity index is 1070. The van der Waals surface area contributed by atoms with E-state index in [1.54, 1.807) is 35.6 Å². The molecule has 1 heterocycles. The number of halogens is 4. The lowest BCUT2D eigenvalue weighted by Crippen LogP contribution is -2.39. The highest BCUT2D eigenvalue weighted by Gasteiger charge is 2.40. The maximum atomic E-state index is 14.6. The molecule has 0 unspecified atom stereocenters. The molecule has 2 aromatic rings. The Labute approximate surface area is 174 Å². The predicted octanol–water partition coefficient (Wildman–Crippen LogP) is 4.26. The number of ether oxygens (including phenoxy) is 1. The number of alkyl halides is 3. The molecule has 0 bridgehead atoms. The van der Waals surface area contributed by atoms with Gasteiger partial charge in [-0.1, -0.05) is 24.8 Å². The predicted molar refractivity (Wildman–Crippen MR) is 105 cm³/mol. The first kappa shape index (κ1) is 22.0. The van der Waals surface area contributed by atoms with Crippen molar-refractivity contribution in [1.82, 2.24) is 5.32 Å². The summed E-state index contributed by atoms with van der Waals surface area (Å²) in [5, 5.41) is 4.14. The molecule has 0 fully saturated rings. The Morgan fingerprint density at radius 3 is 2.45 bits per heavy atom. The van der Waals surface area contributed by atoms with E-state index in [2.05, 4.69) is 16.9 Å². The zero-order chi connectivity index (χ0) is 22.8. The van der Waals surface area contributed by atoms with E-state index in [-0.39, 0.29) is 29.5 Å². The van der Waals surface area contributed by atoms with Gasteiger partial charge in [0, 0.05) is 23.2 Å². The van der Waals surface area contributed by atoms with Gasteiger partial charge in [-0.2, -0.15) is 13.2 Å². The molecule has 0 radical (unpaired) electrons. The minimum atomic E-state index is -5.10. The fourth-order valence-corrected chi connectivity index (χ4v) is 3.03. The van der Waals surface area contributed by atoms with Gasteiger partial charge in [0.1, 0.15) is 11.6 Å². The molecule has 0 aliphatic carbocycles. The largest absolute Gasteiger partial charge is 0.471 e. The molecule has 1 aliphatic heterocycles. The van der Waals surface area contributed by atoms with Crippen molar-refractivity contribution < 1.29 is 31.9 Å². The van der Waals surface area contributed by atoms with Gasteiger partial charge in [0.15, 0.2) is 0 Å². The standard InChI is InChI=1S/C21H17F4N3O3/c1-12-11-20(2,28-19(31-12)27-17(29)13-6-4-3-5-7-13)15-10-14(8-9-16(15)22)26-18(30)21(23,24)25/h3-10H,1,11H2,2H3,(H,26,30)(H,27,28,29)/t20-/m0/s1. The second-order valence-corrected chi connectivity index (χ2v) is 6.97. The van der Waals surface area contributed by atoms with Crippen LogP contribution in [0.2, 0.25) is 0 Å². The van der Waals surface area contributed by atoms with Crippen molar-refractivity contribution in [2.75, 3.05) is 5.32 Å². The Hall–Kier alpha value is -3.69. The third-order valence-electron chi connectivity index (χ3n) is 4.45. The summed E-state index contributed by atoms with van der Waals surface area (Å²) in [6, 6.07) is 10.9. The fraction of sp³-hybridized carbons (Fsp3) is 0.190. The molecule has 10 heteroatoms. The zero-order valence-corrected chi connectivity index (χ0v) is 16.2. The highest BCUT2D eigenvalue weighted by molar-refractivity contribution is 6.04. The lowest BCUT2D eigenvalue weighted by atomic mass is 9.87. The van der Waals surface area contributed by atoms with Gasteiger partial charge in [-0.05, 0) is 37.3 Å². The number of benzene rings is 2. The van der Waals surface area contributed by atoms with E-state index >= 15 is 0 Å². The van der Waals surface area contributed by atoms with Gasteiger partial charge in [0.2, 0.25) is 0 Å². The number of nitrogens with one attached hydrogen (secondary N) is 2. The van der Waals surface area contributed by atoms with Gasteiger partial charge < -0.3 is 10.1 Å². The van der Waals surface area contributed by atoms with E-state index < -0.39 is 29.3 Å². The number of nitrogens with zero attached hydrogens (tertiary/aromatic N) is 1. The topological polar surface area (TPSA) is 79.8 Å². The van der Waals surface area contributed by atoms with Gasteiger partial charge in [-0.3, -0.25) is 14.9 Å². The van der Waals surface area contributed by atoms with Gasteiger partial charge in [-0.15, -0.1) is 0 Å². The smallest absolute Gasteiger partial charge is 0.431 e. The summed E-state index contributed by atoms with van der Waals surface area (Å²) in [5.41, 5.74) is -1.40. The van der Waals surface area contributed by atoms with Crippen molar-refractivity contribution in [3.05, 3.63) is 77.8 Å². The van der Waals surface area contributed by atoms with Crippen LogP contribution in [0.1, 0.15) is 29.3 Å². The Balaban J connectivity index is 1.92. The number of hydrogen-bond donors (Lipinski definition) is 2. The third-order valence-corrected chi connectivity index (χ3v) is 4.45. The van der Waals surface area contributed by atoms with Crippen LogP contribution in [0.15, 0.2) is 65.9 Å². The van der Waals surface area contributed by atoms with E-state index in [1.165, 1.54) is 6.92 Å². The van der Waals surface area contributed by atoms with Crippen LogP contribution in [0.3, 0.4) is 0 Å². The van der Waals surface area contributed by atoms with Crippen LogP contribution in [-0.4, -0.2) is 24.0 Å². The highest BCUT2D eigenvalue weighted by atomic mass is 19.4. The molecule has 1 atom stereocenters. The first-order valence-electron chi connectivity index (χ1n) is 8.98. The van der Waals surface area contributed by atoms with Gasteiger partial charge in [0.05, 0.1) is 5.54 Å². The molecule has 2 aromatic carbocycles. The summed E-state index contributed by atoms with van der Waals surface area (Å²) >= 11 is 0. The minimum absolute atomic E-state index is 0.00863. The van der Waals surface area contributed by atoms with Crippen molar-refractivity contribution in [3.63, 3.8) is 0 Å². The number of anilines is 1. The van der Waals surface area contributed by atoms with Gasteiger partial charge >= 0.3 is 12.1 Å². The van der Waals surface area contributed by atoms with E-state index in [0.717, 1.165) is 18.2 Å². The third kappa shape index (κ3) is 5.08. The average Bonchev–Trinajstić information content (AvgIpc) is 2.68. The number of aliphatic imine (C=N–C) groups is 1. The SMILES string of the molecule is C=C1C[C@@](C)(c2cc(NC(=O)C(F)(F)F)ccc2F)N=C(NC(=O)c2ccccc2)O1. The molecule has 31 heavy (non-hydrogen) atoms. The number of carbonyl (C=O) groups excluding carboxylic acids is 2. The van der Waals surface area contributed by atoms with Crippen molar-refractivity contribution in [2.24, 2.45) is 4.99 Å². The Kier molecular flexibility index (Phi) is 5.83. The van der Waals surface area contributed by atoms with Crippen molar-refractivity contribution in [3.8, 4) is 0 Å². The first-order chi connectivity index (χ1) is 14.5.